The van der Waals surface area contributed by atoms with Crippen molar-refractivity contribution >= 4 is 16.2 Å². The summed E-state index contributed by atoms with van der Waals surface area (Å²) in [6.45, 7) is -1.91. The molecule has 7 nitrogen and oxygen atoms in total. The van der Waals surface area contributed by atoms with Gasteiger partial charge in [-0.25, -0.2) is 0 Å². The van der Waals surface area contributed by atoms with E-state index in [-0.39, 0.29) is 19.6 Å². The number of carboxylic acid groups (broad SMARTS) is 1. The Bertz CT molecular complexity index is 411. The van der Waals surface area contributed by atoms with E-state index in [1.54, 1.807) is 0 Å². The molecule has 0 bridgehead atoms. The summed E-state index contributed by atoms with van der Waals surface area (Å²) < 4.78 is 60.8. The minimum Gasteiger partial charge on any atom is -0.480 e. The largest absolute Gasteiger partial charge is 0.480 e. The maximum Gasteiger partial charge on any atom is 0.402 e. The molecule has 0 aromatic rings. The van der Waals surface area contributed by atoms with E-state index in [9.17, 15) is 26.4 Å². The fourth-order valence-electron chi connectivity index (χ4n) is 1.44. The lowest BCUT2D eigenvalue weighted by molar-refractivity contribution is -0.141. The van der Waals surface area contributed by atoms with Gasteiger partial charge in [0.1, 0.15) is 12.6 Å². The SMILES string of the molecule is O=C(O)C1CNCCN1S(=O)(=O)NCC(F)(F)F. The molecule has 1 unspecified atom stereocenters. The lowest BCUT2D eigenvalue weighted by atomic mass is 10.2. The van der Waals surface area contributed by atoms with Gasteiger partial charge in [0.25, 0.3) is 10.2 Å². The third-order valence-electron chi connectivity index (χ3n) is 2.24. The number of carbonyl (C=O) groups is 1. The second-order valence-corrected chi connectivity index (χ2v) is 5.32. The lowest BCUT2D eigenvalue weighted by Gasteiger charge is -2.32. The number of alkyl halides is 3. The molecule has 3 N–H and O–H groups in total. The van der Waals surface area contributed by atoms with Gasteiger partial charge in [-0.2, -0.15) is 30.6 Å². The lowest BCUT2D eigenvalue weighted by Crippen LogP contribution is -2.59. The molecule has 1 saturated heterocycles. The molecule has 0 aromatic heterocycles. The topological polar surface area (TPSA) is 98.7 Å². The summed E-state index contributed by atoms with van der Waals surface area (Å²) in [5.41, 5.74) is 0. The normalized spacial score (nSPS) is 22.9. The fraction of sp³-hybridized carbons (Fsp3) is 0.857. The molecule has 0 amide bonds. The van der Waals surface area contributed by atoms with Gasteiger partial charge in [-0.1, -0.05) is 0 Å². The Balaban J connectivity index is 2.78. The zero-order valence-electron chi connectivity index (χ0n) is 9.07. The Kier molecular flexibility index (Phi) is 4.53. The van der Waals surface area contributed by atoms with Crippen molar-refractivity contribution < 1.29 is 31.5 Å². The summed E-state index contributed by atoms with van der Waals surface area (Å²) in [4.78, 5) is 10.8. The summed E-state index contributed by atoms with van der Waals surface area (Å²) in [6.07, 6.45) is -4.69. The van der Waals surface area contributed by atoms with E-state index in [0.29, 0.717) is 4.31 Å². The summed E-state index contributed by atoms with van der Waals surface area (Å²) in [5, 5.41) is 11.5. The molecule has 1 heterocycles. The molecule has 0 spiro atoms. The molecule has 106 valence electrons. The van der Waals surface area contributed by atoms with Crippen LogP contribution in [0.3, 0.4) is 0 Å². The zero-order chi connectivity index (χ0) is 14.0. The van der Waals surface area contributed by atoms with Crippen molar-refractivity contribution in [2.24, 2.45) is 0 Å². The highest BCUT2D eigenvalue weighted by Gasteiger charge is 2.38. The van der Waals surface area contributed by atoms with Crippen molar-refractivity contribution in [2.75, 3.05) is 26.2 Å². The molecule has 18 heavy (non-hydrogen) atoms. The Morgan fingerprint density at radius 2 is 2.11 bits per heavy atom. The Morgan fingerprint density at radius 1 is 1.50 bits per heavy atom. The van der Waals surface area contributed by atoms with Crippen LogP contribution in [0.25, 0.3) is 0 Å². The van der Waals surface area contributed by atoms with Crippen LogP contribution in [0.2, 0.25) is 0 Å². The smallest absolute Gasteiger partial charge is 0.402 e. The first-order valence-corrected chi connectivity index (χ1v) is 6.34. The van der Waals surface area contributed by atoms with Crippen LogP contribution in [-0.2, 0) is 15.0 Å². The van der Waals surface area contributed by atoms with Gasteiger partial charge in [0.15, 0.2) is 0 Å². The highest BCUT2D eigenvalue weighted by atomic mass is 32.2. The van der Waals surface area contributed by atoms with Crippen LogP contribution < -0.4 is 10.0 Å². The van der Waals surface area contributed by atoms with Gasteiger partial charge in [-0.3, -0.25) is 4.79 Å². The van der Waals surface area contributed by atoms with Crippen LogP contribution in [0, 0.1) is 0 Å². The number of nitrogens with zero attached hydrogens (tertiary/aromatic N) is 1. The molecule has 0 aromatic carbocycles. The zero-order valence-corrected chi connectivity index (χ0v) is 9.88. The molecule has 0 saturated carbocycles. The van der Waals surface area contributed by atoms with Gasteiger partial charge >= 0.3 is 12.1 Å². The molecule has 1 atom stereocenters. The van der Waals surface area contributed by atoms with Gasteiger partial charge in [0.05, 0.1) is 0 Å². The van der Waals surface area contributed by atoms with Crippen molar-refractivity contribution in [3.05, 3.63) is 0 Å². The van der Waals surface area contributed by atoms with Crippen LogP contribution in [0.1, 0.15) is 0 Å². The van der Waals surface area contributed by atoms with E-state index < -0.39 is 34.9 Å². The Hall–Kier alpha value is -0.910. The van der Waals surface area contributed by atoms with E-state index in [1.807, 2.05) is 0 Å². The standard InChI is InChI=1S/C7H12F3N3O4S/c8-7(9,10)4-12-18(16,17)13-2-1-11-3-5(13)6(14)15/h5,11-12H,1-4H2,(H,14,15). The Labute approximate surface area is 101 Å². The minimum atomic E-state index is -4.69. The quantitative estimate of drug-likeness (QED) is 0.600. The maximum absolute atomic E-state index is 11.9. The van der Waals surface area contributed by atoms with E-state index in [0.717, 1.165) is 0 Å². The maximum atomic E-state index is 11.9. The van der Waals surface area contributed by atoms with E-state index in [4.69, 9.17) is 5.11 Å². The Morgan fingerprint density at radius 3 is 2.61 bits per heavy atom. The number of carboxylic acids is 1. The molecule has 0 aliphatic carbocycles. The van der Waals surface area contributed by atoms with Crippen LogP contribution in [0.4, 0.5) is 13.2 Å². The number of nitrogens with one attached hydrogen (secondary N) is 2. The molecule has 1 aliphatic rings. The minimum absolute atomic E-state index is 0.151. The predicted molar refractivity (Wildman–Crippen MR) is 54.0 cm³/mol. The second kappa shape index (κ2) is 5.38. The molecular formula is C7H12F3N3O4S. The molecule has 1 rings (SSSR count). The van der Waals surface area contributed by atoms with Crippen molar-refractivity contribution in [3.63, 3.8) is 0 Å². The van der Waals surface area contributed by atoms with E-state index in [1.165, 1.54) is 4.72 Å². The van der Waals surface area contributed by atoms with E-state index in [2.05, 4.69) is 5.32 Å². The van der Waals surface area contributed by atoms with Gasteiger partial charge in [-0.15, -0.1) is 0 Å². The first kappa shape index (κ1) is 15.1. The molecule has 0 radical (unpaired) electrons. The van der Waals surface area contributed by atoms with Crippen molar-refractivity contribution in [3.8, 4) is 0 Å². The summed E-state index contributed by atoms with van der Waals surface area (Å²) in [6, 6.07) is -1.41. The van der Waals surface area contributed by atoms with Gasteiger partial charge < -0.3 is 10.4 Å². The van der Waals surface area contributed by atoms with Gasteiger partial charge in [0.2, 0.25) is 0 Å². The summed E-state index contributed by atoms with van der Waals surface area (Å²) in [7, 11) is -4.47. The fourth-order valence-corrected chi connectivity index (χ4v) is 2.78. The third-order valence-corrected chi connectivity index (χ3v) is 3.81. The van der Waals surface area contributed by atoms with Crippen LogP contribution in [0.5, 0.6) is 0 Å². The third kappa shape index (κ3) is 4.08. The van der Waals surface area contributed by atoms with E-state index >= 15 is 0 Å². The molecule has 1 aliphatic heterocycles. The van der Waals surface area contributed by atoms with Crippen LogP contribution >= 0.6 is 0 Å². The van der Waals surface area contributed by atoms with Crippen molar-refractivity contribution in [1.82, 2.24) is 14.3 Å². The molecule has 11 heteroatoms. The number of hydrogen-bond acceptors (Lipinski definition) is 4. The average molecular weight is 291 g/mol. The van der Waals surface area contributed by atoms with Crippen molar-refractivity contribution in [1.29, 1.82) is 0 Å². The summed E-state index contributed by atoms with van der Waals surface area (Å²) in [5.74, 6) is -1.42. The first-order chi connectivity index (χ1) is 8.13. The number of hydrogen-bond donors (Lipinski definition) is 3. The number of rotatable bonds is 4. The number of piperazine rings is 1. The van der Waals surface area contributed by atoms with Gasteiger partial charge in [-0.05, 0) is 0 Å². The molecule has 1 fully saturated rings. The van der Waals surface area contributed by atoms with Crippen LogP contribution in [-0.4, -0.2) is 62.2 Å². The number of halogens is 3. The highest BCUT2D eigenvalue weighted by molar-refractivity contribution is 7.87. The monoisotopic (exact) mass is 291 g/mol. The number of aliphatic carboxylic acids is 1. The van der Waals surface area contributed by atoms with Crippen LogP contribution in [0.15, 0.2) is 0 Å². The highest BCUT2D eigenvalue weighted by Crippen LogP contribution is 2.15. The molecular weight excluding hydrogens is 279 g/mol. The first-order valence-electron chi connectivity index (χ1n) is 4.90. The average Bonchev–Trinajstić information content (AvgIpc) is 2.26. The predicted octanol–water partition coefficient (Wildman–Crippen LogP) is -1.26. The summed E-state index contributed by atoms with van der Waals surface area (Å²) >= 11 is 0. The van der Waals surface area contributed by atoms with Gasteiger partial charge in [0, 0.05) is 19.6 Å². The second-order valence-electron chi connectivity index (χ2n) is 3.61. The van der Waals surface area contributed by atoms with Crippen molar-refractivity contribution in [2.45, 2.75) is 12.2 Å².